The molecule has 9 heteroatoms. The molecule has 0 aliphatic carbocycles. The van der Waals surface area contributed by atoms with Gasteiger partial charge in [0.15, 0.2) is 0 Å². The van der Waals surface area contributed by atoms with Crippen LogP contribution >= 0.6 is 0 Å². The van der Waals surface area contributed by atoms with Gasteiger partial charge in [-0.2, -0.15) is 36.9 Å². The van der Waals surface area contributed by atoms with Crippen LogP contribution in [-0.4, -0.2) is 4.98 Å². The molecule has 0 aliphatic rings. The molecule has 0 saturated heterocycles. The van der Waals surface area contributed by atoms with Crippen LogP contribution in [0, 0.1) is 22.7 Å². The Hall–Kier alpha value is -4.63. The van der Waals surface area contributed by atoms with Gasteiger partial charge in [-0.1, -0.05) is 54.6 Å². The van der Waals surface area contributed by atoms with Crippen LogP contribution in [0.5, 0.6) is 0 Å². The maximum atomic E-state index is 13.1. The predicted molar refractivity (Wildman–Crippen MR) is 120 cm³/mol. The van der Waals surface area contributed by atoms with Crippen LogP contribution < -0.4 is 0 Å². The van der Waals surface area contributed by atoms with Crippen molar-refractivity contribution in [3.63, 3.8) is 0 Å². The Labute approximate surface area is 201 Å². The molecule has 1 heterocycles. The van der Waals surface area contributed by atoms with E-state index in [0.29, 0.717) is 5.56 Å². The van der Waals surface area contributed by atoms with Gasteiger partial charge in [-0.15, -0.1) is 0 Å². The van der Waals surface area contributed by atoms with Gasteiger partial charge >= 0.3 is 12.4 Å². The fourth-order valence-corrected chi connectivity index (χ4v) is 3.75. The van der Waals surface area contributed by atoms with Gasteiger partial charge in [0.2, 0.25) is 0 Å². The third kappa shape index (κ3) is 4.64. The van der Waals surface area contributed by atoms with Crippen molar-refractivity contribution in [1.82, 2.24) is 4.98 Å². The number of nitrogens with zero attached hydrogens (tertiary/aromatic N) is 3. The second-order valence-electron chi connectivity index (χ2n) is 7.67. The largest absolute Gasteiger partial charge is 0.416 e. The maximum absolute atomic E-state index is 13.1. The normalized spacial score (nSPS) is 11.6. The molecule has 3 aromatic carbocycles. The highest BCUT2D eigenvalue weighted by atomic mass is 19.4. The Morgan fingerprint density at radius 1 is 0.528 bits per heavy atom. The lowest BCUT2D eigenvalue weighted by atomic mass is 9.89. The summed E-state index contributed by atoms with van der Waals surface area (Å²) in [4.78, 5) is 4.42. The number of rotatable bonds is 3. The summed E-state index contributed by atoms with van der Waals surface area (Å²) in [7, 11) is 0. The lowest BCUT2D eigenvalue weighted by molar-refractivity contribution is -0.138. The van der Waals surface area contributed by atoms with Gasteiger partial charge in [0.1, 0.15) is 12.1 Å². The van der Waals surface area contributed by atoms with Crippen LogP contribution in [0.15, 0.2) is 78.9 Å². The van der Waals surface area contributed by atoms with Crippen molar-refractivity contribution in [2.75, 3.05) is 0 Å². The molecular formula is C27H13F6N3. The third-order valence-electron chi connectivity index (χ3n) is 5.45. The van der Waals surface area contributed by atoms with E-state index in [4.69, 9.17) is 0 Å². The van der Waals surface area contributed by atoms with Crippen molar-refractivity contribution in [2.45, 2.75) is 12.4 Å². The van der Waals surface area contributed by atoms with Crippen LogP contribution in [0.3, 0.4) is 0 Å². The summed E-state index contributed by atoms with van der Waals surface area (Å²) < 4.78 is 78.4. The number of halogens is 6. The Morgan fingerprint density at radius 2 is 0.917 bits per heavy atom. The number of pyridine rings is 1. The molecule has 0 saturated carbocycles. The highest BCUT2D eigenvalue weighted by Crippen LogP contribution is 2.40. The molecule has 0 fully saturated rings. The van der Waals surface area contributed by atoms with Gasteiger partial charge < -0.3 is 0 Å². The number of hydrogen-bond acceptors (Lipinski definition) is 3. The SMILES string of the molecule is N#Cc1c(-c2ccc(C(F)(F)F)cc2)nc(-c2ccc(C(F)(F)F)cc2)c(C#N)c1-c1ccccc1. The highest BCUT2D eigenvalue weighted by molar-refractivity contribution is 5.89. The Bertz CT molecular complexity index is 1400. The zero-order chi connectivity index (χ0) is 26.1. The Kier molecular flexibility index (Phi) is 6.26. The first-order valence-corrected chi connectivity index (χ1v) is 10.3. The number of aromatic nitrogens is 1. The molecule has 0 radical (unpaired) electrons. The number of alkyl halides is 6. The molecule has 0 unspecified atom stereocenters. The van der Waals surface area contributed by atoms with Crippen molar-refractivity contribution >= 4 is 0 Å². The van der Waals surface area contributed by atoms with Crippen molar-refractivity contribution < 1.29 is 26.3 Å². The van der Waals surface area contributed by atoms with Crippen molar-refractivity contribution in [3.8, 4) is 45.8 Å². The van der Waals surface area contributed by atoms with E-state index >= 15 is 0 Å². The van der Waals surface area contributed by atoms with E-state index in [0.717, 1.165) is 48.5 Å². The fraction of sp³-hybridized carbons (Fsp3) is 0.0741. The van der Waals surface area contributed by atoms with Crippen LogP contribution in [-0.2, 0) is 12.4 Å². The lowest BCUT2D eigenvalue weighted by Gasteiger charge is -2.16. The molecule has 36 heavy (non-hydrogen) atoms. The molecule has 178 valence electrons. The smallest absolute Gasteiger partial charge is 0.245 e. The fourth-order valence-electron chi connectivity index (χ4n) is 3.75. The van der Waals surface area contributed by atoms with Crippen LogP contribution in [0.1, 0.15) is 22.3 Å². The minimum absolute atomic E-state index is 0.000949. The van der Waals surface area contributed by atoms with Gasteiger partial charge in [0, 0.05) is 16.7 Å². The van der Waals surface area contributed by atoms with E-state index in [1.165, 1.54) is 0 Å². The van der Waals surface area contributed by atoms with E-state index in [-0.39, 0.29) is 39.2 Å². The molecular weight excluding hydrogens is 480 g/mol. The Balaban J connectivity index is 2.03. The van der Waals surface area contributed by atoms with Gasteiger partial charge in [-0.05, 0) is 29.8 Å². The topological polar surface area (TPSA) is 60.5 Å². The standard InChI is InChI=1S/C27H13F6N3/c28-26(29,30)19-10-6-17(7-11-19)24-21(14-34)23(16-4-2-1-3-5-16)22(15-35)25(36-24)18-8-12-20(13-9-18)27(31,32)33/h1-13H. The van der Waals surface area contributed by atoms with E-state index in [1.807, 2.05) is 12.1 Å². The minimum atomic E-state index is -4.57. The zero-order valence-electron chi connectivity index (χ0n) is 18.1. The predicted octanol–water partition coefficient (Wildman–Crippen LogP) is 7.86. The Morgan fingerprint density at radius 3 is 1.25 bits per heavy atom. The first kappa shape index (κ1) is 24.5. The summed E-state index contributed by atoms with van der Waals surface area (Å²) in [5, 5.41) is 20.0. The summed E-state index contributed by atoms with van der Waals surface area (Å²) in [6.07, 6.45) is -9.15. The summed E-state index contributed by atoms with van der Waals surface area (Å²) in [6, 6.07) is 20.4. The monoisotopic (exact) mass is 493 g/mol. The summed E-state index contributed by atoms with van der Waals surface area (Å²) in [5.41, 5.74) is -0.896. The lowest BCUT2D eigenvalue weighted by Crippen LogP contribution is -2.06. The van der Waals surface area contributed by atoms with Crippen LogP contribution in [0.2, 0.25) is 0 Å². The van der Waals surface area contributed by atoms with E-state index in [2.05, 4.69) is 4.98 Å². The number of hydrogen-bond donors (Lipinski definition) is 0. The van der Waals surface area contributed by atoms with Gasteiger partial charge in [0.25, 0.3) is 0 Å². The van der Waals surface area contributed by atoms with E-state index < -0.39 is 23.5 Å². The number of nitriles is 2. The summed E-state index contributed by atoms with van der Waals surface area (Å²) in [6.45, 7) is 0. The second-order valence-corrected chi connectivity index (χ2v) is 7.67. The van der Waals surface area contributed by atoms with Crippen molar-refractivity contribution in [1.29, 1.82) is 10.5 Å². The van der Waals surface area contributed by atoms with Crippen molar-refractivity contribution in [2.24, 2.45) is 0 Å². The second kappa shape index (κ2) is 9.20. The molecule has 0 aliphatic heterocycles. The van der Waals surface area contributed by atoms with Gasteiger partial charge in [0.05, 0.1) is 33.6 Å². The molecule has 4 rings (SSSR count). The number of benzene rings is 3. The quantitative estimate of drug-likeness (QED) is 0.273. The molecule has 0 amide bonds. The molecule has 1 aromatic heterocycles. The molecule has 0 N–H and O–H groups in total. The van der Waals surface area contributed by atoms with Gasteiger partial charge in [-0.25, -0.2) is 4.98 Å². The highest BCUT2D eigenvalue weighted by Gasteiger charge is 2.32. The average Bonchev–Trinajstić information content (AvgIpc) is 2.87. The average molecular weight is 493 g/mol. The first-order valence-electron chi connectivity index (χ1n) is 10.3. The maximum Gasteiger partial charge on any atom is 0.416 e. The zero-order valence-corrected chi connectivity index (χ0v) is 18.1. The summed E-state index contributed by atoms with van der Waals surface area (Å²) >= 11 is 0. The molecule has 4 aromatic rings. The molecule has 0 atom stereocenters. The third-order valence-corrected chi connectivity index (χ3v) is 5.45. The molecule has 0 bridgehead atoms. The first-order chi connectivity index (χ1) is 17.0. The van der Waals surface area contributed by atoms with Crippen LogP contribution in [0.25, 0.3) is 33.6 Å². The molecule has 0 spiro atoms. The van der Waals surface area contributed by atoms with Crippen LogP contribution in [0.4, 0.5) is 26.3 Å². The molecule has 3 nitrogen and oxygen atoms in total. The van der Waals surface area contributed by atoms with Crippen molar-refractivity contribution in [3.05, 3.63) is 101 Å². The van der Waals surface area contributed by atoms with Gasteiger partial charge in [-0.3, -0.25) is 0 Å². The minimum Gasteiger partial charge on any atom is -0.245 e. The van der Waals surface area contributed by atoms with E-state index in [9.17, 15) is 36.9 Å². The summed E-state index contributed by atoms with van der Waals surface area (Å²) in [5.74, 6) is 0. The van der Waals surface area contributed by atoms with E-state index in [1.54, 1.807) is 30.3 Å².